The zero-order chi connectivity index (χ0) is 15.0. The Bertz CT molecular complexity index is 274. The van der Waals surface area contributed by atoms with Gasteiger partial charge in [-0.15, -0.1) is 0 Å². The molecule has 0 saturated carbocycles. The van der Waals surface area contributed by atoms with E-state index in [0.717, 1.165) is 46.0 Å². The highest BCUT2D eigenvalue weighted by Crippen LogP contribution is 2.29. The van der Waals surface area contributed by atoms with E-state index < -0.39 is 0 Å². The first-order valence-electron chi connectivity index (χ1n) is 8.83. The summed E-state index contributed by atoms with van der Waals surface area (Å²) in [5, 5.41) is 3.62. The highest BCUT2D eigenvalue weighted by molar-refractivity contribution is 4.87. The van der Waals surface area contributed by atoms with E-state index in [2.05, 4.69) is 24.2 Å². The lowest BCUT2D eigenvalue weighted by atomic mass is 9.81. The van der Waals surface area contributed by atoms with Crippen LogP contribution in [-0.2, 0) is 9.47 Å². The van der Waals surface area contributed by atoms with Gasteiger partial charge in [-0.3, -0.25) is 0 Å². The largest absolute Gasteiger partial charge is 0.381 e. The Morgan fingerprint density at radius 2 is 2.14 bits per heavy atom. The van der Waals surface area contributed by atoms with E-state index >= 15 is 0 Å². The molecule has 4 nitrogen and oxygen atoms in total. The predicted molar refractivity (Wildman–Crippen MR) is 86.7 cm³/mol. The maximum absolute atomic E-state index is 5.88. The Kier molecular flexibility index (Phi) is 7.44. The van der Waals surface area contributed by atoms with Crippen LogP contribution in [0.15, 0.2) is 0 Å². The molecule has 2 rings (SSSR count). The first kappa shape index (κ1) is 17.2. The second-order valence-electron chi connectivity index (χ2n) is 7.02. The zero-order valence-electron chi connectivity index (χ0n) is 14.0. The molecule has 0 aliphatic carbocycles. The fourth-order valence-electron chi connectivity index (χ4n) is 3.70. The molecule has 0 aromatic heterocycles. The van der Waals surface area contributed by atoms with Crippen LogP contribution in [0, 0.1) is 5.41 Å². The number of nitrogens with zero attached hydrogens (tertiary/aromatic N) is 1. The van der Waals surface area contributed by atoms with Crippen molar-refractivity contribution in [1.29, 1.82) is 0 Å². The van der Waals surface area contributed by atoms with Gasteiger partial charge in [-0.05, 0) is 52.1 Å². The summed E-state index contributed by atoms with van der Waals surface area (Å²) in [4.78, 5) is 2.47. The van der Waals surface area contributed by atoms with Crippen molar-refractivity contribution < 1.29 is 9.47 Å². The average Bonchev–Trinajstić information content (AvgIpc) is 2.49. The van der Waals surface area contributed by atoms with Gasteiger partial charge in [-0.1, -0.05) is 6.92 Å². The summed E-state index contributed by atoms with van der Waals surface area (Å²) in [5.41, 5.74) is 0.289. The molecule has 1 N–H and O–H groups in total. The second kappa shape index (κ2) is 9.09. The molecular formula is C17H34N2O2. The predicted octanol–water partition coefficient (Wildman–Crippen LogP) is 2.28. The molecule has 2 unspecified atom stereocenters. The minimum atomic E-state index is 0.289. The van der Waals surface area contributed by atoms with Gasteiger partial charge in [0.25, 0.3) is 0 Å². The van der Waals surface area contributed by atoms with Crippen LogP contribution in [-0.4, -0.2) is 64.1 Å². The Morgan fingerprint density at radius 1 is 1.24 bits per heavy atom. The first-order chi connectivity index (χ1) is 10.2. The molecule has 0 amide bonds. The van der Waals surface area contributed by atoms with Gasteiger partial charge in [0.2, 0.25) is 0 Å². The smallest absolute Gasteiger partial charge is 0.0701 e. The van der Waals surface area contributed by atoms with Gasteiger partial charge in [-0.2, -0.15) is 0 Å². The van der Waals surface area contributed by atoms with Gasteiger partial charge in [0.15, 0.2) is 0 Å². The maximum Gasteiger partial charge on any atom is 0.0701 e. The Balaban J connectivity index is 1.81. The quantitative estimate of drug-likeness (QED) is 0.697. The Morgan fingerprint density at radius 3 is 2.81 bits per heavy atom. The third-order valence-corrected chi connectivity index (χ3v) is 4.73. The van der Waals surface area contributed by atoms with E-state index in [0.29, 0.717) is 6.10 Å². The molecule has 2 aliphatic heterocycles. The summed E-state index contributed by atoms with van der Waals surface area (Å²) in [6.45, 7) is 9.38. The molecule has 0 radical (unpaired) electrons. The Hall–Kier alpha value is -0.160. The molecule has 2 saturated heterocycles. The first-order valence-corrected chi connectivity index (χ1v) is 8.83. The molecule has 4 heteroatoms. The molecule has 0 aromatic rings. The van der Waals surface area contributed by atoms with Crippen molar-refractivity contribution in [2.75, 3.05) is 53.0 Å². The van der Waals surface area contributed by atoms with Gasteiger partial charge in [0.05, 0.1) is 12.7 Å². The molecule has 0 bridgehead atoms. The van der Waals surface area contributed by atoms with Crippen molar-refractivity contribution in [3.63, 3.8) is 0 Å². The number of hydrogen-bond acceptors (Lipinski definition) is 4. The SMILES string of the molecule is CCCNCC1(CN(C)CC2CCCCO2)CCCOC1. The lowest BCUT2D eigenvalue weighted by molar-refractivity contribution is -0.0406. The van der Waals surface area contributed by atoms with Crippen LogP contribution >= 0.6 is 0 Å². The topological polar surface area (TPSA) is 33.7 Å². The standard InChI is InChI=1S/C17H34N2O2/c1-3-9-18-13-17(8-6-10-20-15-17)14-19(2)12-16-7-4-5-11-21-16/h16,18H,3-15H2,1-2H3. The van der Waals surface area contributed by atoms with E-state index in [9.17, 15) is 0 Å². The number of rotatable bonds is 8. The minimum absolute atomic E-state index is 0.289. The van der Waals surface area contributed by atoms with Gasteiger partial charge in [0, 0.05) is 38.3 Å². The average molecular weight is 298 g/mol. The molecule has 0 aromatic carbocycles. The number of hydrogen-bond donors (Lipinski definition) is 1. The summed E-state index contributed by atoms with van der Waals surface area (Å²) < 4.78 is 11.7. The monoisotopic (exact) mass is 298 g/mol. The van der Waals surface area contributed by atoms with Crippen molar-refractivity contribution in [1.82, 2.24) is 10.2 Å². The van der Waals surface area contributed by atoms with Crippen molar-refractivity contribution in [3.8, 4) is 0 Å². The molecule has 2 fully saturated rings. The van der Waals surface area contributed by atoms with Crippen LogP contribution in [0.2, 0.25) is 0 Å². The molecule has 2 aliphatic rings. The van der Waals surface area contributed by atoms with Gasteiger partial charge >= 0.3 is 0 Å². The van der Waals surface area contributed by atoms with Crippen molar-refractivity contribution in [2.45, 2.75) is 51.6 Å². The van der Waals surface area contributed by atoms with E-state index in [1.165, 1.54) is 38.5 Å². The highest BCUT2D eigenvalue weighted by atomic mass is 16.5. The molecule has 21 heavy (non-hydrogen) atoms. The van der Waals surface area contributed by atoms with Gasteiger partial charge in [-0.25, -0.2) is 0 Å². The normalized spacial score (nSPS) is 30.7. The van der Waals surface area contributed by atoms with Crippen molar-refractivity contribution in [3.05, 3.63) is 0 Å². The fraction of sp³-hybridized carbons (Fsp3) is 1.00. The highest BCUT2D eigenvalue weighted by Gasteiger charge is 2.34. The lowest BCUT2D eigenvalue weighted by Crippen LogP contribution is -2.49. The van der Waals surface area contributed by atoms with Crippen molar-refractivity contribution in [2.24, 2.45) is 5.41 Å². The third kappa shape index (κ3) is 5.85. The molecule has 124 valence electrons. The number of ether oxygens (including phenoxy) is 2. The minimum Gasteiger partial charge on any atom is -0.381 e. The Labute approximate surface area is 130 Å². The van der Waals surface area contributed by atoms with Crippen molar-refractivity contribution >= 4 is 0 Å². The summed E-state index contributed by atoms with van der Waals surface area (Å²) >= 11 is 0. The summed E-state index contributed by atoms with van der Waals surface area (Å²) in [6, 6.07) is 0. The molecule has 2 atom stereocenters. The lowest BCUT2D eigenvalue weighted by Gasteiger charge is -2.41. The van der Waals surface area contributed by atoms with Crippen LogP contribution in [0.1, 0.15) is 45.4 Å². The third-order valence-electron chi connectivity index (χ3n) is 4.73. The van der Waals surface area contributed by atoms with Gasteiger partial charge in [0.1, 0.15) is 0 Å². The van der Waals surface area contributed by atoms with E-state index in [4.69, 9.17) is 9.47 Å². The van der Waals surface area contributed by atoms with Crippen LogP contribution < -0.4 is 5.32 Å². The summed E-state index contributed by atoms with van der Waals surface area (Å²) in [5.74, 6) is 0. The number of nitrogens with one attached hydrogen (secondary N) is 1. The summed E-state index contributed by atoms with van der Waals surface area (Å²) in [7, 11) is 2.24. The summed E-state index contributed by atoms with van der Waals surface area (Å²) in [6.07, 6.45) is 7.89. The van der Waals surface area contributed by atoms with E-state index in [1.54, 1.807) is 0 Å². The zero-order valence-corrected chi connectivity index (χ0v) is 14.0. The number of likely N-dealkylation sites (N-methyl/N-ethyl adjacent to an activating group) is 1. The van der Waals surface area contributed by atoms with E-state index in [-0.39, 0.29) is 5.41 Å². The molecular weight excluding hydrogens is 264 g/mol. The maximum atomic E-state index is 5.88. The van der Waals surface area contributed by atoms with Gasteiger partial charge < -0.3 is 19.7 Å². The van der Waals surface area contributed by atoms with Crippen LogP contribution in [0.3, 0.4) is 0 Å². The second-order valence-corrected chi connectivity index (χ2v) is 7.02. The van der Waals surface area contributed by atoms with Crippen LogP contribution in [0.25, 0.3) is 0 Å². The van der Waals surface area contributed by atoms with Crippen LogP contribution in [0.4, 0.5) is 0 Å². The molecule has 0 spiro atoms. The van der Waals surface area contributed by atoms with E-state index in [1.807, 2.05) is 0 Å². The fourth-order valence-corrected chi connectivity index (χ4v) is 3.70. The van der Waals surface area contributed by atoms with Crippen LogP contribution in [0.5, 0.6) is 0 Å². The molecule has 2 heterocycles.